The third kappa shape index (κ3) is 3.91. The maximum atomic E-state index is 13.3. The molecule has 0 bridgehead atoms. The summed E-state index contributed by atoms with van der Waals surface area (Å²) in [6.45, 7) is 5.67. The third-order valence-corrected chi connectivity index (χ3v) is 8.06. The number of hydrogen-bond acceptors (Lipinski definition) is 5. The van der Waals surface area contributed by atoms with E-state index in [1.165, 1.54) is 0 Å². The van der Waals surface area contributed by atoms with Crippen LogP contribution in [0, 0.1) is 11.8 Å². The minimum Gasteiger partial charge on any atom is -0.459 e. The van der Waals surface area contributed by atoms with Gasteiger partial charge in [-0.2, -0.15) is 0 Å². The van der Waals surface area contributed by atoms with Crippen LogP contribution in [0.1, 0.15) is 62.9 Å². The van der Waals surface area contributed by atoms with Crippen molar-refractivity contribution in [3.63, 3.8) is 0 Å². The normalized spacial score (nSPS) is 38.3. The Labute approximate surface area is 184 Å². The van der Waals surface area contributed by atoms with E-state index in [9.17, 15) is 9.59 Å². The molecule has 0 spiro atoms. The van der Waals surface area contributed by atoms with E-state index >= 15 is 0 Å². The molecular formula is C24H34N2O5. The van der Waals surface area contributed by atoms with Crippen LogP contribution in [0.4, 0.5) is 0 Å². The van der Waals surface area contributed by atoms with Gasteiger partial charge in [-0.1, -0.05) is 0 Å². The van der Waals surface area contributed by atoms with Crippen LogP contribution in [0.5, 0.6) is 0 Å². The summed E-state index contributed by atoms with van der Waals surface area (Å²) in [7, 11) is 0. The van der Waals surface area contributed by atoms with Gasteiger partial charge < -0.3 is 23.7 Å². The zero-order valence-electron chi connectivity index (χ0n) is 18.6. The molecule has 7 nitrogen and oxygen atoms in total. The highest BCUT2D eigenvalue weighted by molar-refractivity contribution is 5.92. The highest BCUT2D eigenvalue weighted by Gasteiger charge is 2.48. The van der Waals surface area contributed by atoms with Crippen LogP contribution in [-0.4, -0.2) is 71.7 Å². The van der Waals surface area contributed by atoms with Crippen LogP contribution in [0.15, 0.2) is 22.8 Å². The van der Waals surface area contributed by atoms with Gasteiger partial charge in [0.25, 0.3) is 5.91 Å². The molecule has 7 atom stereocenters. The van der Waals surface area contributed by atoms with Gasteiger partial charge >= 0.3 is 0 Å². The molecule has 4 fully saturated rings. The Bertz CT molecular complexity index is 796. The van der Waals surface area contributed by atoms with Crippen molar-refractivity contribution in [3.05, 3.63) is 24.2 Å². The molecule has 31 heavy (non-hydrogen) atoms. The molecule has 2 amide bonds. The predicted molar refractivity (Wildman–Crippen MR) is 113 cm³/mol. The number of furan rings is 1. The summed E-state index contributed by atoms with van der Waals surface area (Å²) in [6, 6.07) is 3.63. The van der Waals surface area contributed by atoms with Gasteiger partial charge in [0.2, 0.25) is 5.91 Å². The van der Waals surface area contributed by atoms with E-state index in [1.807, 2.05) is 16.7 Å². The van der Waals surface area contributed by atoms with Gasteiger partial charge in [0.1, 0.15) is 0 Å². The zero-order valence-corrected chi connectivity index (χ0v) is 18.6. The van der Waals surface area contributed by atoms with Crippen molar-refractivity contribution in [3.8, 4) is 0 Å². The number of rotatable bonds is 2. The van der Waals surface area contributed by atoms with Gasteiger partial charge in [-0.05, 0) is 69.4 Å². The molecule has 2 aliphatic heterocycles. The Morgan fingerprint density at radius 1 is 0.968 bits per heavy atom. The van der Waals surface area contributed by atoms with Crippen LogP contribution < -0.4 is 0 Å². The molecule has 2 saturated carbocycles. The van der Waals surface area contributed by atoms with Crippen LogP contribution in [0.2, 0.25) is 0 Å². The molecule has 6 unspecified atom stereocenters. The van der Waals surface area contributed by atoms with Crippen LogP contribution in [-0.2, 0) is 14.3 Å². The molecule has 0 aromatic carbocycles. The van der Waals surface area contributed by atoms with Crippen molar-refractivity contribution >= 4 is 11.8 Å². The Balaban J connectivity index is 1.36. The van der Waals surface area contributed by atoms with Crippen LogP contribution in [0.3, 0.4) is 0 Å². The van der Waals surface area contributed by atoms with Gasteiger partial charge in [0, 0.05) is 19.5 Å². The maximum Gasteiger partial charge on any atom is 0.289 e. The van der Waals surface area contributed by atoms with Crippen molar-refractivity contribution in [1.29, 1.82) is 0 Å². The summed E-state index contributed by atoms with van der Waals surface area (Å²) < 4.78 is 17.4. The molecule has 0 radical (unpaired) electrons. The van der Waals surface area contributed by atoms with E-state index in [1.54, 1.807) is 25.3 Å². The number of hydrogen-bond donors (Lipinski definition) is 0. The predicted octanol–water partition coefficient (Wildman–Crippen LogP) is 3.09. The first kappa shape index (κ1) is 21.0. The van der Waals surface area contributed by atoms with E-state index in [0.717, 1.165) is 38.5 Å². The minimum absolute atomic E-state index is 0.0115. The molecule has 1 aromatic rings. The molecular weight excluding hydrogens is 396 g/mol. The fourth-order valence-corrected chi connectivity index (χ4v) is 6.73. The van der Waals surface area contributed by atoms with E-state index in [-0.39, 0.29) is 42.1 Å². The maximum absolute atomic E-state index is 13.3. The summed E-state index contributed by atoms with van der Waals surface area (Å²) in [6.07, 6.45) is 8.27. The number of carbonyl (C=O) groups excluding carboxylic acids is 2. The van der Waals surface area contributed by atoms with Crippen molar-refractivity contribution in [2.45, 2.75) is 82.7 Å². The molecule has 5 rings (SSSR count). The van der Waals surface area contributed by atoms with E-state index < -0.39 is 0 Å². The number of carbonyl (C=O) groups is 2. The third-order valence-electron chi connectivity index (χ3n) is 8.06. The molecule has 1 aromatic heterocycles. The number of ether oxygens (including phenoxy) is 2. The van der Waals surface area contributed by atoms with Crippen molar-refractivity contribution in [1.82, 2.24) is 9.80 Å². The summed E-state index contributed by atoms with van der Waals surface area (Å²) in [5.41, 5.74) is 0. The highest BCUT2D eigenvalue weighted by atomic mass is 16.6. The Morgan fingerprint density at radius 3 is 2.45 bits per heavy atom. The molecule has 4 aliphatic rings. The molecule has 7 heteroatoms. The highest BCUT2D eigenvalue weighted by Crippen LogP contribution is 2.44. The Kier molecular flexibility index (Phi) is 5.82. The lowest BCUT2D eigenvalue weighted by Crippen LogP contribution is -2.67. The van der Waals surface area contributed by atoms with Gasteiger partial charge in [-0.15, -0.1) is 0 Å². The van der Waals surface area contributed by atoms with Gasteiger partial charge in [-0.25, -0.2) is 0 Å². The SMILES string of the molecule is CC(=O)N1C2CCC(C3CCC4OCCOC4C3)CC2N(C(=O)c2ccco2)C[C@@H]1C. The fourth-order valence-electron chi connectivity index (χ4n) is 6.73. The molecule has 2 saturated heterocycles. The standard InChI is InChI=1S/C24H34N2O5/c1-15-14-25(24(28)22-4-3-9-29-22)20-12-17(5-7-19(20)26(15)16(2)27)18-6-8-21-23(13-18)31-11-10-30-21/h3-4,9,15,17-21,23H,5-8,10-14H2,1-2H3/t15-,17?,18?,19?,20?,21?,23?/m0/s1. The first-order chi connectivity index (χ1) is 15.0. The van der Waals surface area contributed by atoms with Crippen molar-refractivity contribution < 1.29 is 23.5 Å². The first-order valence-electron chi connectivity index (χ1n) is 11.9. The van der Waals surface area contributed by atoms with Crippen LogP contribution >= 0.6 is 0 Å². The Hall–Kier alpha value is -1.86. The van der Waals surface area contributed by atoms with Crippen molar-refractivity contribution in [2.24, 2.45) is 11.8 Å². The summed E-state index contributed by atoms with van der Waals surface area (Å²) in [5, 5.41) is 0. The monoisotopic (exact) mass is 430 g/mol. The molecule has 3 heterocycles. The number of piperazine rings is 1. The minimum atomic E-state index is -0.0524. The summed E-state index contributed by atoms with van der Waals surface area (Å²) in [5.74, 6) is 1.58. The molecule has 170 valence electrons. The number of nitrogens with zero attached hydrogens (tertiary/aromatic N) is 2. The molecule has 2 aliphatic carbocycles. The summed E-state index contributed by atoms with van der Waals surface area (Å²) >= 11 is 0. The lowest BCUT2D eigenvalue weighted by Gasteiger charge is -2.55. The second-order valence-corrected chi connectivity index (χ2v) is 9.81. The Morgan fingerprint density at radius 2 is 1.71 bits per heavy atom. The van der Waals surface area contributed by atoms with Crippen molar-refractivity contribution in [2.75, 3.05) is 19.8 Å². The lowest BCUT2D eigenvalue weighted by molar-refractivity contribution is -0.167. The largest absolute Gasteiger partial charge is 0.459 e. The van der Waals surface area contributed by atoms with E-state index in [4.69, 9.17) is 13.9 Å². The van der Waals surface area contributed by atoms with Crippen LogP contribution in [0.25, 0.3) is 0 Å². The zero-order chi connectivity index (χ0) is 21.5. The average Bonchev–Trinajstić information content (AvgIpc) is 3.32. The fraction of sp³-hybridized carbons (Fsp3) is 0.750. The first-order valence-corrected chi connectivity index (χ1v) is 11.9. The van der Waals surface area contributed by atoms with E-state index in [2.05, 4.69) is 0 Å². The van der Waals surface area contributed by atoms with E-state index in [0.29, 0.717) is 37.4 Å². The summed E-state index contributed by atoms with van der Waals surface area (Å²) in [4.78, 5) is 29.8. The smallest absolute Gasteiger partial charge is 0.289 e. The second kappa shape index (κ2) is 8.58. The average molecular weight is 431 g/mol. The van der Waals surface area contributed by atoms with Gasteiger partial charge in [0.05, 0.1) is 43.8 Å². The lowest BCUT2D eigenvalue weighted by atomic mass is 9.68. The molecule has 0 N–H and O–H groups in total. The van der Waals surface area contributed by atoms with Gasteiger partial charge in [0.15, 0.2) is 5.76 Å². The second-order valence-electron chi connectivity index (χ2n) is 9.81. The quantitative estimate of drug-likeness (QED) is 0.721. The van der Waals surface area contributed by atoms with Gasteiger partial charge in [-0.3, -0.25) is 9.59 Å². The number of amides is 2. The topological polar surface area (TPSA) is 72.2 Å². The number of fused-ring (bicyclic) bond motifs is 2.